The van der Waals surface area contributed by atoms with Gasteiger partial charge in [-0.3, -0.25) is 0 Å². The second-order valence-corrected chi connectivity index (χ2v) is 14.3. The van der Waals surface area contributed by atoms with Gasteiger partial charge in [-0.05, 0) is 109 Å². The maximum Gasteiger partial charge on any atom is 0.0217 e. The van der Waals surface area contributed by atoms with Crippen molar-refractivity contribution < 1.29 is 0 Å². The largest absolute Gasteiger partial charge is 0.0843 e. The number of fused-ring (bicyclic) bond motifs is 3. The fourth-order valence-electron chi connectivity index (χ4n) is 8.32. The molecule has 0 nitrogen and oxygen atoms in total. The molecule has 0 radical (unpaired) electrons. The van der Waals surface area contributed by atoms with Gasteiger partial charge in [-0.1, -0.05) is 178 Å². The highest BCUT2D eigenvalue weighted by Gasteiger charge is 2.33. The molecule has 7 aromatic carbocycles. The summed E-state index contributed by atoms with van der Waals surface area (Å²) in [4.78, 5) is 0. The normalized spacial score (nSPS) is 14.7. The van der Waals surface area contributed by atoms with Crippen molar-refractivity contribution in [1.82, 2.24) is 0 Å². The SMILES string of the molecule is CC(C)c1cc(-c2c3ccccc3c(-c3ccc4ccccc4c3)c3ccccc23)ccc1C(C)(CC1=CCCCC=C1)c1ccccc1. The van der Waals surface area contributed by atoms with Gasteiger partial charge in [0.05, 0.1) is 0 Å². The molecule has 0 aromatic heterocycles. The Balaban J connectivity index is 1.35. The molecule has 0 fully saturated rings. The van der Waals surface area contributed by atoms with Crippen molar-refractivity contribution in [3.63, 3.8) is 0 Å². The fraction of sp³-hybridized carbons (Fsp3) is 0.184. The molecule has 0 heteroatoms. The average Bonchev–Trinajstić information content (AvgIpc) is 3.42. The molecule has 8 rings (SSSR count). The minimum absolute atomic E-state index is 0.163. The van der Waals surface area contributed by atoms with E-state index in [0.717, 1.165) is 19.3 Å². The van der Waals surface area contributed by atoms with Crippen LogP contribution in [-0.2, 0) is 5.41 Å². The van der Waals surface area contributed by atoms with Crippen LogP contribution in [0.25, 0.3) is 54.6 Å². The van der Waals surface area contributed by atoms with Crippen molar-refractivity contribution in [3.05, 3.63) is 180 Å². The average molecular weight is 633 g/mol. The summed E-state index contributed by atoms with van der Waals surface area (Å²) in [5.41, 5.74) is 10.7. The van der Waals surface area contributed by atoms with Gasteiger partial charge in [0.2, 0.25) is 0 Å². The topological polar surface area (TPSA) is 0 Å². The van der Waals surface area contributed by atoms with Crippen LogP contribution in [0.4, 0.5) is 0 Å². The molecule has 240 valence electrons. The van der Waals surface area contributed by atoms with Gasteiger partial charge < -0.3 is 0 Å². The Bertz CT molecular complexity index is 2310. The van der Waals surface area contributed by atoms with Crippen molar-refractivity contribution in [2.45, 2.75) is 57.8 Å². The lowest BCUT2D eigenvalue weighted by molar-refractivity contribution is 0.558. The van der Waals surface area contributed by atoms with Crippen LogP contribution in [-0.4, -0.2) is 0 Å². The number of benzene rings is 7. The van der Waals surface area contributed by atoms with E-state index in [1.807, 2.05) is 0 Å². The predicted molar refractivity (Wildman–Crippen MR) is 213 cm³/mol. The molecule has 1 aliphatic rings. The van der Waals surface area contributed by atoms with Crippen LogP contribution in [0.2, 0.25) is 0 Å². The highest BCUT2D eigenvalue weighted by molar-refractivity contribution is 6.21. The molecule has 49 heavy (non-hydrogen) atoms. The lowest BCUT2D eigenvalue weighted by Gasteiger charge is -2.35. The van der Waals surface area contributed by atoms with Crippen molar-refractivity contribution in [1.29, 1.82) is 0 Å². The summed E-state index contributed by atoms with van der Waals surface area (Å²) < 4.78 is 0. The molecule has 0 saturated carbocycles. The summed E-state index contributed by atoms with van der Waals surface area (Å²) in [6.07, 6.45) is 11.8. The monoisotopic (exact) mass is 632 g/mol. The Kier molecular flexibility index (Phi) is 8.26. The zero-order valence-corrected chi connectivity index (χ0v) is 28.9. The van der Waals surface area contributed by atoms with E-state index in [4.69, 9.17) is 0 Å². The van der Waals surface area contributed by atoms with E-state index >= 15 is 0 Å². The molecule has 0 saturated heterocycles. The van der Waals surface area contributed by atoms with Gasteiger partial charge in [-0.15, -0.1) is 0 Å². The van der Waals surface area contributed by atoms with Crippen LogP contribution in [0.1, 0.15) is 69.1 Å². The van der Waals surface area contributed by atoms with Gasteiger partial charge in [0.25, 0.3) is 0 Å². The summed E-state index contributed by atoms with van der Waals surface area (Å²) in [6, 6.07) is 52.2. The van der Waals surface area contributed by atoms with Crippen LogP contribution < -0.4 is 0 Å². The third kappa shape index (κ3) is 5.70. The van der Waals surface area contributed by atoms with E-state index in [-0.39, 0.29) is 5.41 Å². The second kappa shape index (κ2) is 13.0. The standard InChI is InChI=1S/C49H44/c1-34(2)45-32-39(29-30-46(45)49(3,40-21-9-6-10-22-40)33-35-17-7-4-5-8-18-35)48-43-25-15-13-23-41(43)47(42-24-14-16-26-44(42)48)38-28-27-36-19-11-12-20-37(36)31-38/h6-7,9-32,34H,4-5,8,33H2,1-3H3. The van der Waals surface area contributed by atoms with E-state index in [9.17, 15) is 0 Å². The lowest BCUT2D eigenvalue weighted by Crippen LogP contribution is -2.26. The fourth-order valence-corrected chi connectivity index (χ4v) is 8.32. The van der Waals surface area contributed by atoms with Crippen molar-refractivity contribution in [3.8, 4) is 22.3 Å². The molecule has 1 atom stereocenters. The molecule has 0 bridgehead atoms. The Morgan fingerprint density at radius 3 is 1.80 bits per heavy atom. The summed E-state index contributed by atoms with van der Waals surface area (Å²) in [5.74, 6) is 0.367. The van der Waals surface area contributed by atoms with Crippen molar-refractivity contribution in [2.24, 2.45) is 0 Å². The number of hydrogen-bond donors (Lipinski definition) is 0. The van der Waals surface area contributed by atoms with E-state index < -0.39 is 0 Å². The number of allylic oxidation sites excluding steroid dienone is 4. The molecular weight excluding hydrogens is 589 g/mol. The maximum absolute atomic E-state index is 2.52. The van der Waals surface area contributed by atoms with Gasteiger partial charge in [-0.25, -0.2) is 0 Å². The molecular formula is C49H44. The highest BCUT2D eigenvalue weighted by Crippen LogP contribution is 2.47. The van der Waals surface area contributed by atoms with E-state index in [1.165, 1.54) is 83.3 Å². The molecule has 0 aliphatic heterocycles. The Morgan fingerprint density at radius 1 is 0.571 bits per heavy atom. The summed E-state index contributed by atoms with van der Waals surface area (Å²) in [6.45, 7) is 7.18. The van der Waals surface area contributed by atoms with Crippen LogP contribution in [0.3, 0.4) is 0 Å². The maximum atomic E-state index is 2.52. The van der Waals surface area contributed by atoms with Crippen LogP contribution in [0.5, 0.6) is 0 Å². The molecule has 1 aliphatic carbocycles. The lowest BCUT2D eigenvalue weighted by atomic mass is 9.68. The molecule has 7 aromatic rings. The van der Waals surface area contributed by atoms with Crippen LogP contribution >= 0.6 is 0 Å². The predicted octanol–water partition coefficient (Wildman–Crippen LogP) is 14.0. The molecule has 0 amide bonds. The van der Waals surface area contributed by atoms with Crippen molar-refractivity contribution >= 4 is 32.3 Å². The molecule has 0 N–H and O–H groups in total. The van der Waals surface area contributed by atoms with Gasteiger partial charge in [-0.2, -0.15) is 0 Å². The van der Waals surface area contributed by atoms with Gasteiger partial charge in [0.15, 0.2) is 0 Å². The second-order valence-electron chi connectivity index (χ2n) is 14.3. The summed E-state index contributed by atoms with van der Waals surface area (Å²) >= 11 is 0. The van der Waals surface area contributed by atoms with Crippen LogP contribution in [0, 0.1) is 0 Å². The molecule has 0 spiro atoms. The Hall–Kier alpha value is -5.20. The minimum Gasteiger partial charge on any atom is -0.0843 e. The summed E-state index contributed by atoms with van der Waals surface area (Å²) in [7, 11) is 0. The quantitative estimate of drug-likeness (QED) is 0.153. The van der Waals surface area contributed by atoms with Gasteiger partial charge >= 0.3 is 0 Å². The van der Waals surface area contributed by atoms with E-state index in [0.29, 0.717) is 5.92 Å². The van der Waals surface area contributed by atoms with E-state index in [1.54, 1.807) is 0 Å². The number of rotatable bonds is 7. The van der Waals surface area contributed by atoms with Crippen LogP contribution in [0.15, 0.2) is 163 Å². The molecule has 1 unspecified atom stereocenters. The Labute approximate surface area is 291 Å². The van der Waals surface area contributed by atoms with Crippen molar-refractivity contribution in [2.75, 3.05) is 0 Å². The zero-order valence-electron chi connectivity index (χ0n) is 28.9. The summed E-state index contributed by atoms with van der Waals surface area (Å²) in [5, 5.41) is 7.72. The third-order valence-electron chi connectivity index (χ3n) is 10.8. The molecule has 0 heterocycles. The third-order valence-corrected chi connectivity index (χ3v) is 10.8. The zero-order chi connectivity index (χ0) is 33.4. The first-order valence-electron chi connectivity index (χ1n) is 18.0. The first kappa shape index (κ1) is 31.1. The number of hydrogen-bond acceptors (Lipinski definition) is 0. The smallest absolute Gasteiger partial charge is 0.0217 e. The van der Waals surface area contributed by atoms with Gasteiger partial charge in [0, 0.05) is 5.41 Å². The van der Waals surface area contributed by atoms with Gasteiger partial charge in [0.1, 0.15) is 0 Å². The Morgan fingerprint density at radius 2 is 1.14 bits per heavy atom. The highest BCUT2D eigenvalue weighted by atomic mass is 14.4. The first-order chi connectivity index (χ1) is 24.0. The first-order valence-corrected chi connectivity index (χ1v) is 18.0. The van der Waals surface area contributed by atoms with E-state index in [2.05, 4.69) is 179 Å². The minimum atomic E-state index is -0.163.